The first-order chi connectivity index (χ1) is 20.4. The molecule has 2 aliphatic heterocycles. The molecule has 42 heavy (non-hydrogen) atoms. The van der Waals surface area contributed by atoms with Gasteiger partial charge in [0.05, 0.1) is 5.69 Å². The number of carbonyl (C=O) groups is 2. The van der Waals surface area contributed by atoms with Crippen molar-refractivity contribution in [2.45, 2.75) is 77.3 Å². The highest BCUT2D eigenvalue weighted by Gasteiger charge is 2.36. The molecule has 9 heteroatoms. The number of piperidine rings is 1. The molecule has 4 heterocycles. The average Bonchev–Trinajstić information content (AvgIpc) is 3.61. The predicted octanol–water partition coefficient (Wildman–Crippen LogP) is 5.11. The Morgan fingerprint density at radius 3 is 2.69 bits per heavy atom. The van der Waals surface area contributed by atoms with Crippen LogP contribution in [0.2, 0.25) is 0 Å². The van der Waals surface area contributed by atoms with Crippen LogP contribution in [0.25, 0.3) is 10.9 Å². The zero-order valence-electron chi connectivity index (χ0n) is 24.8. The molecule has 2 N–H and O–H groups in total. The number of pyridine rings is 1. The van der Waals surface area contributed by atoms with Crippen LogP contribution in [0.15, 0.2) is 47.7 Å². The van der Waals surface area contributed by atoms with Gasteiger partial charge < -0.3 is 19.9 Å². The molecular weight excluding hydrogens is 528 g/mol. The molecule has 6 rings (SSSR count). The zero-order chi connectivity index (χ0) is 29.1. The first-order valence-corrected chi connectivity index (χ1v) is 15.6. The van der Waals surface area contributed by atoms with E-state index < -0.39 is 0 Å². The molecule has 1 aliphatic carbocycles. The van der Waals surface area contributed by atoms with Gasteiger partial charge in [0, 0.05) is 66.1 Å². The summed E-state index contributed by atoms with van der Waals surface area (Å²) in [5.41, 5.74) is 3.53. The fourth-order valence-electron chi connectivity index (χ4n) is 6.61. The van der Waals surface area contributed by atoms with Crippen LogP contribution in [0.3, 0.4) is 0 Å². The molecule has 3 aromatic rings. The molecule has 9 nitrogen and oxygen atoms in total. The van der Waals surface area contributed by atoms with Gasteiger partial charge >= 0.3 is 0 Å². The van der Waals surface area contributed by atoms with Crippen molar-refractivity contribution in [3.8, 4) is 5.88 Å². The second-order valence-electron chi connectivity index (χ2n) is 12.2. The quantitative estimate of drug-likeness (QED) is 0.390. The first kappa shape index (κ1) is 28.4. The number of aliphatic imine (C=N–C) groups is 1. The number of hydrogen-bond donors (Lipinski definition) is 2. The molecule has 0 unspecified atom stereocenters. The van der Waals surface area contributed by atoms with Crippen molar-refractivity contribution in [2.75, 3.05) is 31.1 Å². The minimum atomic E-state index is -0.254. The number of anilines is 1. The maximum absolute atomic E-state index is 13.4. The van der Waals surface area contributed by atoms with Crippen molar-refractivity contribution in [1.82, 2.24) is 20.2 Å². The van der Waals surface area contributed by atoms with E-state index in [-0.39, 0.29) is 29.8 Å². The van der Waals surface area contributed by atoms with Crippen LogP contribution in [0.1, 0.15) is 74.7 Å². The molecular formula is C33H42N6O3. The molecule has 0 radical (unpaired) electrons. The smallest absolute Gasteiger partial charge is 0.278 e. The maximum Gasteiger partial charge on any atom is 0.278 e. The van der Waals surface area contributed by atoms with Crippen molar-refractivity contribution in [3.63, 3.8) is 0 Å². The average molecular weight is 571 g/mol. The molecule has 1 saturated carbocycles. The Kier molecular flexibility index (Phi) is 8.55. The number of aromatic nitrogens is 2. The predicted molar refractivity (Wildman–Crippen MR) is 165 cm³/mol. The van der Waals surface area contributed by atoms with Crippen LogP contribution in [0.4, 0.5) is 5.69 Å². The molecule has 2 aromatic heterocycles. The largest absolute Gasteiger partial charge is 0.476 e. The number of amides is 2. The van der Waals surface area contributed by atoms with Gasteiger partial charge in [-0.2, -0.15) is 4.99 Å². The molecule has 0 bridgehead atoms. The van der Waals surface area contributed by atoms with Gasteiger partial charge in [-0.05, 0) is 89.0 Å². The third-order valence-electron chi connectivity index (χ3n) is 8.83. The van der Waals surface area contributed by atoms with Crippen molar-refractivity contribution >= 4 is 34.2 Å². The second kappa shape index (κ2) is 12.7. The highest BCUT2D eigenvalue weighted by Crippen LogP contribution is 2.38. The molecule has 222 valence electrons. The highest BCUT2D eigenvalue weighted by atomic mass is 16.5. The van der Waals surface area contributed by atoms with E-state index in [1.807, 2.05) is 56.6 Å². The van der Waals surface area contributed by atoms with E-state index >= 15 is 0 Å². The van der Waals surface area contributed by atoms with Crippen LogP contribution in [0, 0.1) is 5.92 Å². The van der Waals surface area contributed by atoms with Crippen molar-refractivity contribution in [3.05, 3.63) is 53.9 Å². The summed E-state index contributed by atoms with van der Waals surface area (Å²) in [7, 11) is 0. The number of rotatable bonds is 8. The summed E-state index contributed by atoms with van der Waals surface area (Å²) in [6.07, 6.45) is 11.4. The standard InChI is InChI=1S/C33H42N6O3/c1-22(2)36-32(40)24-8-10-27(11-9-24)39-29-20-31(42-17-16-38-14-4-3-5-15-38)35-21-26(29)19-30(39)37-33(41)25-7-6-23-12-13-34-28(23)18-25/h6-7,12-13,18,20-22,24,27,34H,3-5,8-11,14-17,19H2,1-2H3,(H,36,40). The molecule has 1 aromatic carbocycles. The first-order valence-electron chi connectivity index (χ1n) is 15.6. The summed E-state index contributed by atoms with van der Waals surface area (Å²) in [6.45, 7) is 7.77. The van der Waals surface area contributed by atoms with Gasteiger partial charge in [0.1, 0.15) is 12.4 Å². The Labute approximate surface area is 247 Å². The third kappa shape index (κ3) is 6.36. The van der Waals surface area contributed by atoms with E-state index in [1.54, 1.807) is 0 Å². The number of aromatic amines is 1. The van der Waals surface area contributed by atoms with E-state index in [0.29, 0.717) is 24.5 Å². The lowest BCUT2D eigenvalue weighted by Gasteiger charge is -2.36. The van der Waals surface area contributed by atoms with E-state index in [2.05, 4.69) is 25.1 Å². The van der Waals surface area contributed by atoms with Crippen molar-refractivity contribution < 1.29 is 14.3 Å². The SMILES string of the molecule is CC(C)NC(=O)C1CCC(N2C(=NC(=O)c3ccc4cc[nH]c4c3)Cc3cnc(OCCN4CCCCC4)cc32)CC1. The van der Waals surface area contributed by atoms with Gasteiger partial charge in [-0.1, -0.05) is 12.5 Å². The van der Waals surface area contributed by atoms with Crippen molar-refractivity contribution in [1.29, 1.82) is 0 Å². The topological polar surface area (TPSA) is 103 Å². The fourth-order valence-corrected chi connectivity index (χ4v) is 6.61. The van der Waals surface area contributed by atoms with Gasteiger partial charge in [0.15, 0.2) is 0 Å². The number of amidine groups is 1. The Bertz CT molecular complexity index is 1450. The van der Waals surface area contributed by atoms with Crippen LogP contribution in [-0.4, -0.2) is 70.8 Å². The molecule has 2 fully saturated rings. The number of nitrogens with zero attached hydrogens (tertiary/aromatic N) is 4. The van der Waals surface area contributed by atoms with Gasteiger partial charge in [0.25, 0.3) is 5.91 Å². The molecule has 2 amide bonds. The molecule has 0 atom stereocenters. The molecule has 0 spiro atoms. The third-order valence-corrected chi connectivity index (χ3v) is 8.83. The van der Waals surface area contributed by atoms with Crippen molar-refractivity contribution in [2.24, 2.45) is 10.9 Å². The number of carbonyl (C=O) groups excluding carboxylic acids is 2. The van der Waals surface area contributed by atoms with Crippen LogP contribution in [0.5, 0.6) is 5.88 Å². The molecule has 1 saturated heterocycles. The van der Waals surface area contributed by atoms with Crippen LogP contribution >= 0.6 is 0 Å². The number of likely N-dealkylation sites (tertiary alicyclic amines) is 1. The van der Waals surface area contributed by atoms with Gasteiger partial charge in [0.2, 0.25) is 11.8 Å². The summed E-state index contributed by atoms with van der Waals surface area (Å²) in [5, 5.41) is 4.14. The monoisotopic (exact) mass is 570 g/mol. The van der Waals surface area contributed by atoms with Gasteiger partial charge in [-0.15, -0.1) is 0 Å². The fraction of sp³-hybridized carbons (Fsp3) is 0.515. The Balaban J connectivity index is 1.22. The number of ether oxygens (including phenoxy) is 1. The van der Waals surface area contributed by atoms with E-state index in [9.17, 15) is 9.59 Å². The number of H-pyrrole nitrogens is 1. The zero-order valence-corrected chi connectivity index (χ0v) is 24.8. The van der Waals surface area contributed by atoms with E-state index in [0.717, 1.165) is 73.3 Å². The number of benzene rings is 1. The van der Waals surface area contributed by atoms with E-state index in [4.69, 9.17) is 9.73 Å². The lowest BCUT2D eigenvalue weighted by atomic mass is 9.84. The van der Waals surface area contributed by atoms with E-state index in [1.165, 1.54) is 19.3 Å². The van der Waals surface area contributed by atoms with Gasteiger partial charge in [-0.3, -0.25) is 14.5 Å². The molecule has 3 aliphatic rings. The summed E-state index contributed by atoms with van der Waals surface area (Å²) >= 11 is 0. The normalized spacial score (nSPS) is 22.1. The Morgan fingerprint density at radius 2 is 1.90 bits per heavy atom. The Morgan fingerprint density at radius 1 is 1.10 bits per heavy atom. The maximum atomic E-state index is 13.4. The lowest BCUT2D eigenvalue weighted by Crippen LogP contribution is -2.44. The minimum absolute atomic E-state index is 0.0198. The number of fused-ring (bicyclic) bond motifs is 2. The van der Waals surface area contributed by atoms with Crippen LogP contribution < -0.4 is 15.0 Å². The second-order valence-corrected chi connectivity index (χ2v) is 12.2. The highest BCUT2D eigenvalue weighted by molar-refractivity contribution is 6.13. The summed E-state index contributed by atoms with van der Waals surface area (Å²) in [4.78, 5) is 43.3. The lowest BCUT2D eigenvalue weighted by molar-refractivity contribution is -0.126. The summed E-state index contributed by atoms with van der Waals surface area (Å²) in [5.74, 6) is 1.25. The minimum Gasteiger partial charge on any atom is -0.476 e. The summed E-state index contributed by atoms with van der Waals surface area (Å²) < 4.78 is 6.13. The summed E-state index contributed by atoms with van der Waals surface area (Å²) in [6, 6.07) is 9.93. The van der Waals surface area contributed by atoms with Gasteiger partial charge in [-0.25, -0.2) is 4.98 Å². The Hall–Kier alpha value is -3.72. The number of hydrogen-bond acceptors (Lipinski definition) is 5. The number of nitrogens with one attached hydrogen (secondary N) is 2. The van der Waals surface area contributed by atoms with Crippen LogP contribution in [-0.2, 0) is 11.2 Å².